The Morgan fingerprint density at radius 3 is 2.10 bits per heavy atom. The van der Waals surface area contributed by atoms with Crippen molar-refractivity contribution in [3.05, 3.63) is 29.3 Å². The van der Waals surface area contributed by atoms with Crippen molar-refractivity contribution in [3.8, 4) is 5.75 Å². The van der Waals surface area contributed by atoms with Crippen LogP contribution in [0.2, 0.25) is 0 Å². The maximum Gasteiger partial charge on any atom is 0.203 e. The molecule has 0 radical (unpaired) electrons. The van der Waals surface area contributed by atoms with Gasteiger partial charge in [0.2, 0.25) is 11.6 Å². The zero-order valence-electron chi connectivity index (χ0n) is 12.3. The first-order valence-electron chi connectivity index (χ1n) is 7.08. The van der Waals surface area contributed by atoms with Gasteiger partial charge in [0.1, 0.15) is 6.10 Å². The summed E-state index contributed by atoms with van der Waals surface area (Å²) >= 11 is 0. The van der Waals surface area contributed by atoms with Gasteiger partial charge in [0.05, 0.1) is 0 Å². The molecule has 1 aromatic carbocycles. The molecule has 2 atom stereocenters. The lowest BCUT2D eigenvalue weighted by Crippen LogP contribution is -2.63. The van der Waals surface area contributed by atoms with E-state index in [2.05, 4.69) is 5.32 Å². The third kappa shape index (κ3) is 2.39. The molecule has 1 aromatic rings. The monoisotopic (exact) mass is 305 g/mol. The van der Waals surface area contributed by atoms with E-state index < -0.39 is 35.1 Å². The van der Waals surface area contributed by atoms with Crippen LogP contribution < -0.4 is 10.1 Å². The summed E-state index contributed by atoms with van der Waals surface area (Å²) in [5, 5.41) is 3.15. The lowest BCUT2D eigenvalue weighted by molar-refractivity contribution is -0.0868. The summed E-state index contributed by atoms with van der Waals surface area (Å²) in [6.45, 7) is 3.92. The fraction of sp³-hybridized carbons (Fsp3) is 0.600. The van der Waals surface area contributed by atoms with Crippen LogP contribution in [-0.4, -0.2) is 19.2 Å². The molecule has 21 heavy (non-hydrogen) atoms. The molecule has 2 unspecified atom stereocenters. The summed E-state index contributed by atoms with van der Waals surface area (Å²) in [4.78, 5) is 0. The van der Waals surface area contributed by atoms with Crippen LogP contribution in [-0.2, 0) is 0 Å². The second kappa shape index (κ2) is 5.83. The van der Waals surface area contributed by atoms with E-state index in [-0.39, 0.29) is 17.5 Å². The molecule has 6 heteroatoms. The van der Waals surface area contributed by atoms with Gasteiger partial charge in [-0.3, -0.25) is 0 Å². The van der Waals surface area contributed by atoms with Crippen LogP contribution in [0.1, 0.15) is 33.1 Å². The topological polar surface area (TPSA) is 21.3 Å². The van der Waals surface area contributed by atoms with Crippen molar-refractivity contribution in [1.82, 2.24) is 5.32 Å². The molecule has 2 rings (SSSR count). The summed E-state index contributed by atoms with van der Waals surface area (Å²) in [6, 6.07) is 0.337. The standard InChI is InChI=1S/C15H19F4NO/c1-4-15(5-2)10(20-3)7-11(15)21-14-12(18)8(16)6-9(17)13(14)19/h6,10-11,20H,4-5,7H2,1-3H3. The highest BCUT2D eigenvalue weighted by Crippen LogP contribution is 2.49. The lowest BCUT2D eigenvalue weighted by atomic mass is 9.58. The predicted octanol–water partition coefficient (Wildman–Crippen LogP) is 3.79. The van der Waals surface area contributed by atoms with Gasteiger partial charge in [-0.25, -0.2) is 8.78 Å². The maximum absolute atomic E-state index is 13.7. The van der Waals surface area contributed by atoms with Crippen molar-refractivity contribution in [2.75, 3.05) is 7.05 Å². The van der Waals surface area contributed by atoms with Gasteiger partial charge in [-0.15, -0.1) is 0 Å². The summed E-state index contributed by atoms with van der Waals surface area (Å²) in [5.74, 6) is -6.83. The van der Waals surface area contributed by atoms with Gasteiger partial charge < -0.3 is 10.1 Å². The Hall–Kier alpha value is -1.30. The highest BCUT2D eigenvalue weighted by atomic mass is 19.2. The van der Waals surface area contributed by atoms with Crippen LogP contribution >= 0.6 is 0 Å². The quantitative estimate of drug-likeness (QED) is 0.660. The number of hydrogen-bond acceptors (Lipinski definition) is 2. The Morgan fingerprint density at radius 2 is 1.67 bits per heavy atom. The number of hydrogen-bond donors (Lipinski definition) is 1. The van der Waals surface area contributed by atoms with Crippen molar-refractivity contribution in [1.29, 1.82) is 0 Å². The highest BCUT2D eigenvalue weighted by Gasteiger charge is 2.54. The van der Waals surface area contributed by atoms with E-state index in [4.69, 9.17) is 4.74 Å². The average Bonchev–Trinajstić information content (AvgIpc) is 2.45. The van der Waals surface area contributed by atoms with E-state index in [0.29, 0.717) is 6.42 Å². The highest BCUT2D eigenvalue weighted by molar-refractivity contribution is 5.29. The Bertz CT molecular complexity index is 505. The predicted molar refractivity (Wildman–Crippen MR) is 71.2 cm³/mol. The summed E-state index contributed by atoms with van der Waals surface area (Å²) in [7, 11) is 1.81. The van der Waals surface area contributed by atoms with Gasteiger partial charge in [0, 0.05) is 23.9 Å². The van der Waals surface area contributed by atoms with Gasteiger partial charge in [0.25, 0.3) is 0 Å². The molecule has 0 bridgehead atoms. The first-order valence-corrected chi connectivity index (χ1v) is 7.08. The second-order valence-corrected chi connectivity index (χ2v) is 5.42. The van der Waals surface area contributed by atoms with Gasteiger partial charge in [-0.1, -0.05) is 13.8 Å². The van der Waals surface area contributed by atoms with E-state index in [9.17, 15) is 17.6 Å². The smallest absolute Gasteiger partial charge is 0.203 e. The largest absolute Gasteiger partial charge is 0.484 e. The number of rotatable bonds is 5. The summed E-state index contributed by atoms with van der Waals surface area (Å²) in [6.07, 6.45) is 1.53. The molecular weight excluding hydrogens is 286 g/mol. The molecule has 0 saturated heterocycles. The Labute approximate surface area is 121 Å². The van der Waals surface area contributed by atoms with E-state index in [1.54, 1.807) is 0 Å². The number of ether oxygens (including phenoxy) is 1. The molecule has 118 valence electrons. The first-order chi connectivity index (χ1) is 9.91. The molecule has 0 heterocycles. The zero-order chi connectivity index (χ0) is 15.8. The normalized spacial score (nSPS) is 23.8. The molecular formula is C15H19F4NO. The van der Waals surface area contributed by atoms with Gasteiger partial charge in [0.15, 0.2) is 17.4 Å². The van der Waals surface area contributed by atoms with Crippen molar-refractivity contribution >= 4 is 0 Å². The number of halogens is 4. The minimum Gasteiger partial charge on any atom is -0.484 e. The van der Waals surface area contributed by atoms with E-state index in [0.717, 1.165) is 12.8 Å². The van der Waals surface area contributed by atoms with E-state index >= 15 is 0 Å². The van der Waals surface area contributed by atoms with Gasteiger partial charge in [-0.2, -0.15) is 8.78 Å². The Morgan fingerprint density at radius 1 is 1.14 bits per heavy atom. The number of nitrogens with one attached hydrogen (secondary N) is 1. The van der Waals surface area contributed by atoms with Crippen molar-refractivity contribution < 1.29 is 22.3 Å². The third-order valence-electron chi connectivity index (χ3n) is 4.78. The van der Waals surface area contributed by atoms with Crippen LogP contribution in [0.15, 0.2) is 6.07 Å². The fourth-order valence-corrected chi connectivity index (χ4v) is 3.31. The first kappa shape index (κ1) is 16.1. The molecule has 0 aromatic heterocycles. The molecule has 0 aliphatic heterocycles. The molecule has 1 aliphatic carbocycles. The molecule has 1 aliphatic rings. The molecule has 0 amide bonds. The average molecular weight is 305 g/mol. The third-order valence-corrected chi connectivity index (χ3v) is 4.78. The van der Waals surface area contributed by atoms with Crippen molar-refractivity contribution in [2.45, 2.75) is 45.3 Å². The summed E-state index contributed by atoms with van der Waals surface area (Å²) < 4.78 is 59.1. The minimum atomic E-state index is -1.48. The minimum absolute atomic E-state index is 0.155. The second-order valence-electron chi connectivity index (χ2n) is 5.42. The van der Waals surface area contributed by atoms with Crippen LogP contribution in [0.25, 0.3) is 0 Å². The van der Waals surface area contributed by atoms with E-state index in [1.165, 1.54) is 0 Å². The molecule has 1 fully saturated rings. The zero-order valence-corrected chi connectivity index (χ0v) is 12.3. The van der Waals surface area contributed by atoms with Crippen molar-refractivity contribution in [3.63, 3.8) is 0 Å². The van der Waals surface area contributed by atoms with Crippen LogP contribution in [0, 0.1) is 28.7 Å². The van der Waals surface area contributed by atoms with Crippen LogP contribution in [0.4, 0.5) is 17.6 Å². The molecule has 0 spiro atoms. The molecule has 1 saturated carbocycles. The van der Waals surface area contributed by atoms with Crippen molar-refractivity contribution in [2.24, 2.45) is 5.41 Å². The maximum atomic E-state index is 13.7. The van der Waals surface area contributed by atoms with Gasteiger partial charge in [-0.05, 0) is 19.9 Å². The fourth-order valence-electron chi connectivity index (χ4n) is 3.31. The van der Waals surface area contributed by atoms with Gasteiger partial charge >= 0.3 is 0 Å². The molecule has 1 N–H and O–H groups in total. The molecule has 2 nitrogen and oxygen atoms in total. The Balaban J connectivity index is 2.31. The SMILES string of the molecule is CCC1(CC)C(NC)CC1Oc1c(F)c(F)cc(F)c1F. The van der Waals surface area contributed by atoms with E-state index in [1.807, 2.05) is 20.9 Å². The van der Waals surface area contributed by atoms with Crippen LogP contribution in [0.3, 0.4) is 0 Å². The number of benzene rings is 1. The van der Waals surface area contributed by atoms with Crippen LogP contribution in [0.5, 0.6) is 5.75 Å². The summed E-state index contributed by atoms with van der Waals surface area (Å²) in [5.41, 5.74) is -0.295. The Kier molecular flexibility index (Phi) is 4.46. The lowest BCUT2D eigenvalue weighted by Gasteiger charge is -2.55.